The summed E-state index contributed by atoms with van der Waals surface area (Å²) in [5.41, 5.74) is 6.31. The zero-order valence-corrected chi connectivity index (χ0v) is 10.1. The Labute approximate surface area is 101 Å². The summed E-state index contributed by atoms with van der Waals surface area (Å²) in [6, 6.07) is 7.28. The molecule has 0 radical (unpaired) electrons. The van der Waals surface area contributed by atoms with Crippen molar-refractivity contribution in [2.75, 3.05) is 25.5 Å². The number of anilines is 1. The quantitative estimate of drug-likeness (QED) is 0.771. The number of benzene rings is 1. The summed E-state index contributed by atoms with van der Waals surface area (Å²) in [6.45, 7) is 0.282. The summed E-state index contributed by atoms with van der Waals surface area (Å²) in [7, 11) is 3.82. The fraction of sp³-hybridized carbons (Fsp3) is 0.417. The highest BCUT2D eigenvalue weighted by Crippen LogP contribution is 2.20. The van der Waals surface area contributed by atoms with Gasteiger partial charge >= 0.3 is 5.97 Å². The smallest absolute Gasteiger partial charge is 0.344 e. The molecule has 5 nitrogen and oxygen atoms in total. The van der Waals surface area contributed by atoms with Crippen molar-refractivity contribution in [1.29, 1.82) is 0 Å². The Hall–Kier alpha value is -1.75. The monoisotopic (exact) mass is 238 g/mol. The second-order valence-electron chi connectivity index (χ2n) is 3.91. The maximum atomic E-state index is 10.9. The standard InChI is InChI=1S/C12H18N2O3/c1-14(2)9-4-3-5-10(8-9)17-11(6-7-13)12(15)16/h3-5,8,11H,6-7,13H2,1-2H3,(H,15,16). The number of carboxylic acid groups (broad SMARTS) is 1. The third-order valence-corrected chi connectivity index (χ3v) is 2.32. The molecule has 0 aliphatic heterocycles. The first kappa shape index (κ1) is 13.3. The Morgan fingerprint density at radius 2 is 2.24 bits per heavy atom. The molecule has 3 N–H and O–H groups in total. The van der Waals surface area contributed by atoms with E-state index in [4.69, 9.17) is 15.6 Å². The van der Waals surface area contributed by atoms with E-state index in [0.717, 1.165) is 5.69 Å². The zero-order chi connectivity index (χ0) is 12.8. The molecule has 1 rings (SSSR count). The predicted octanol–water partition coefficient (Wildman–Crippen LogP) is 0.933. The molecule has 0 spiro atoms. The molecule has 0 aliphatic carbocycles. The molecule has 1 atom stereocenters. The number of hydrogen-bond donors (Lipinski definition) is 2. The largest absolute Gasteiger partial charge is 0.479 e. The summed E-state index contributed by atoms with van der Waals surface area (Å²) in [5, 5.41) is 8.95. The minimum atomic E-state index is -0.995. The van der Waals surface area contributed by atoms with Gasteiger partial charge in [0.25, 0.3) is 0 Å². The maximum Gasteiger partial charge on any atom is 0.344 e. The Morgan fingerprint density at radius 1 is 1.53 bits per heavy atom. The molecule has 0 saturated heterocycles. The van der Waals surface area contributed by atoms with Crippen LogP contribution >= 0.6 is 0 Å². The topological polar surface area (TPSA) is 75.8 Å². The molecule has 0 aliphatic rings. The highest BCUT2D eigenvalue weighted by Gasteiger charge is 2.18. The van der Waals surface area contributed by atoms with Crippen molar-refractivity contribution in [3.05, 3.63) is 24.3 Å². The minimum absolute atomic E-state index is 0.282. The van der Waals surface area contributed by atoms with Crippen LogP contribution in [0.15, 0.2) is 24.3 Å². The summed E-state index contributed by atoms with van der Waals surface area (Å²) < 4.78 is 5.40. The van der Waals surface area contributed by atoms with E-state index >= 15 is 0 Å². The van der Waals surface area contributed by atoms with E-state index in [-0.39, 0.29) is 6.54 Å². The Kier molecular flexibility index (Phi) is 4.78. The fourth-order valence-corrected chi connectivity index (χ4v) is 1.38. The van der Waals surface area contributed by atoms with Crippen molar-refractivity contribution in [3.63, 3.8) is 0 Å². The van der Waals surface area contributed by atoms with Gasteiger partial charge in [0.05, 0.1) is 0 Å². The summed E-state index contributed by atoms with van der Waals surface area (Å²) >= 11 is 0. The van der Waals surface area contributed by atoms with Crippen LogP contribution in [-0.2, 0) is 4.79 Å². The molecule has 1 aromatic carbocycles. The van der Waals surface area contributed by atoms with Crippen molar-refractivity contribution in [2.24, 2.45) is 5.73 Å². The summed E-state index contributed by atoms with van der Waals surface area (Å²) in [5.74, 6) is -0.456. The van der Waals surface area contributed by atoms with E-state index < -0.39 is 12.1 Å². The lowest BCUT2D eigenvalue weighted by Crippen LogP contribution is -2.29. The van der Waals surface area contributed by atoms with Gasteiger partial charge in [-0.1, -0.05) is 6.07 Å². The first-order valence-electron chi connectivity index (χ1n) is 5.41. The normalized spacial score (nSPS) is 11.9. The van der Waals surface area contributed by atoms with Gasteiger partial charge in [-0.3, -0.25) is 0 Å². The van der Waals surface area contributed by atoms with E-state index in [9.17, 15) is 4.79 Å². The van der Waals surface area contributed by atoms with Crippen LogP contribution in [0.3, 0.4) is 0 Å². The molecule has 5 heteroatoms. The van der Waals surface area contributed by atoms with Crippen LogP contribution in [0, 0.1) is 0 Å². The highest BCUT2D eigenvalue weighted by molar-refractivity contribution is 5.72. The molecular formula is C12H18N2O3. The molecule has 0 aromatic heterocycles. The number of ether oxygens (including phenoxy) is 1. The first-order valence-corrected chi connectivity index (χ1v) is 5.41. The van der Waals surface area contributed by atoms with Crippen molar-refractivity contribution in [1.82, 2.24) is 0 Å². The number of nitrogens with two attached hydrogens (primary N) is 1. The molecule has 0 amide bonds. The van der Waals surface area contributed by atoms with E-state index in [2.05, 4.69) is 0 Å². The molecule has 1 unspecified atom stereocenters. The van der Waals surface area contributed by atoms with Crippen molar-refractivity contribution in [3.8, 4) is 5.75 Å². The Bertz CT molecular complexity index is 380. The molecule has 0 bridgehead atoms. The molecule has 94 valence electrons. The highest BCUT2D eigenvalue weighted by atomic mass is 16.5. The van der Waals surface area contributed by atoms with Gasteiger partial charge < -0.3 is 20.5 Å². The third kappa shape index (κ3) is 3.96. The van der Waals surface area contributed by atoms with Gasteiger partial charge in [-0.25, -0.2) is 4.79 Å². The number of rotatable bonds is 6. The lowest BCUT2D eigenvalue weighted by molar-refractivity contribution is -0.145. The van der Waals surface area contributed by atoms with Crippen LogP contribution in [-0.4, -0.2) is 37.8 Å². The van der Waals surface area contributed by atoms with Gasteiger partial charge in [0.2, 0.25) is 0 Å². The van der Waals surface area contributed by atoms with Crippen molar-refractivity contribution < 1.29 is 14.6 Å². The first-order chi connectivity index (χ1) is 8.04. The number of hydrogen-bond acceptors (Lipinski definition) is 4. The summed E-state index contributed by atoms with van der Waals surface area (Å²) in [4.78, 5) is 12.8. The van der Waals surface area contributed by atoms with Crippen molar-refractivity contribution in [2.45, 2.75) is 12.5 Å². The van der Waals surface area contributed by atoms with Crippen LogP contribution in [0.1, 0.15) is 6.42 Å². The van der Waals surface area contributed by atoms with Crippen LogP contribution in [0.25, 0.3) is 0 Å². The molecule has 0 fully saturated rings. The number of aliphatic carboxylic acids is 1. The third-order valence-electron chi connectivity index (χ3n) is 2.32. The minimum Gasteiger partial charge on any atom is -0.479 e. The maximum absolute atomic E-state index is 10.9. The SMILES string of the molecule is CN(C)c1cccc(OC(CCN)C(=O)O)c1. The van der Waals surface area contributed by atoms with E-state index in [1.165, 1.54) is 0 Å². The molecule has 17 heavy (non-hydrogen) atoms. The van der Waals surface area contributed by atoms with E-state index in [0.29, 0.717) is 12.2 Å². The second kappa shape index (κ2) is 6.10. The number of nitrogens with zero attached hydrogens (tertiary/aromatic N) is 1. The van der Waals surface area contributed by atoms with Gasteiger partial charge in [0.15, 0.2) is 6.10 Å². The lowest BCUT2D eigenvalue weighted by Gasteiger charge is -2.17. The van der Waals surface area contributed by atoms with Gasteiger partial charge in [-0.2, -0.15) is 0 Å². The zero-order valence-electron chi connectivity index (χ0n) is 10.1. The average Bonchev–Trinajstić information content (AvgIpc) is 2.28. The Balaban J connectivity index is 2.78. The van der Waals surface area contributed by atoms with Gasteiger partial charge in [-0.15, -0.1) is 0 Å². The van der Waals surface area contributed by atoms with Crippen LogP contribution in [0.5, 0.6) is 5.75 Å². The fourth-order valence-electron chi connectivity index (χ4n) is 1.38. The predicted molar refractivity (Wildman–Crippen MR) is 66.5 cm³/mol. The van der Waals surface area contributed by atoms with Gasteiger partial charge in [0, 0.05) is 32.3 Å². The average molecular weight is 238 g/mol. The van der Waals surface area contributed by atoms with Crippen LogP contribution < -0.4 is 15.4 Å². The Morgan fingerprint density at radius 3 is 2.76 bits per heavy atom. The van der Waals surface area contributed by atoms with E-state index in [1.807, 2.05) is 31.1 Å². The summed E-state index contributed by atoms with van der Waals surface area (Å²) in [6.07, 6.45) is -0.598. The van der Waals surface area contributed by atoms with Crippen LogP contribution in [0.2, 0.25) is 0 Å². The molecular weight excluding hydrogens is 220 g/mol. The van der Waals surface area contributed by atoms with Crippen molar-refractivity contribution >= 4 is 11.7 Å². The molecule has 0 saturated carbocycles. The molecule has 1 aromatic rings. The number of carbonyl (C=O) groups is 1. The van der Waals surface area contributed by atoms with Gasteiger partial charge in [0.1, 0.15) is 5.75 Å². The molecule has 0 heterocycles. The number of carboxylic acids is 1. The second-order valence-corrected chi connectivity index (χ2v) is 3.91. The van der Waals surface area contributed by atoms with Crippen LogP contribution in [0.4, 0.5) is 5.69 Å². The lowest BCUT2D eigenvalue weighted by atomic mass is 10.2. The van der Waals surface area contributed by atoms with E-state index in [1.54, 1.807) is 12.1 Å². The van der Waals surface area contributed by atoms with Gasteiger partial charge in [-0.05, 0) is 18.7 Å².